The van der Waals surface area contributed by atoms with Gasteiger partial charge in [-0.15, -0.1) is 0 Å². The van der Waals surface area contributed by atoms with E-state index in [-0.39, 0.29) is 12.3 Å². The van der Waals surface area contributed by atoms with Crippen LogP contribution in [0.5, 0.6) is 0 Å². The van der Waals surface area contributed by atoms with Crippen LogP contribution in [0.25, 0.3) is 0 Å². The first-order chi connectivity index (χ1) is 7.52. The topological polar surface area (TPSA) is 103 Å². The van der Waals surface area contributed by atoms with Gasteiger partial charge in [0.05, 0.1) is 12.1 Å². The number of hydrogen-bond donors (Lipinski definition) is 1. The van der Waals surface area contributed by atoms with Gasteiger partial charge in [-0.3, -0.25) is 4.79 Å². The molecule has 0 aromatic carbocycles. The molecule has 0 aromatic heterocycles. The summed E-state index contributed by atoms with van der Waals surface area (Å²) in [6.07, 6.45) is 2.33. The smallest absolute Gasteiger partial charge is 0.270 e. The van der Waals surface area contributed by atoms with E-state index in [4.69, 9.17) is 5.73 Å². The zero-order chi connectivity index (χ0) is 12.0. The van der Waals surface area contributed by atoms with Gasteiger partial charge in [-0.25, -0.2) is 0 Å². The van der Waals surface area contributed by atoms with Gasteiger partial charge in [-0.1, -0.05) is 11.6 Å². The summed E-state index contributed by atoms with van der Waals surface area (Å²) in [5, 5.41) is 18.6. The van der Waals surface area contributed by atoms with Gasteiger partial charge in [0, 0.05) is 0 Å². The molecule has 2 N–H and O–H groups in total. The largest absolute Gasteiger partial charge is 0.386 e. The fourth-order valence-corrected chi connectivity index (χ4v) is 2.40. The van der Waals surface area contributed by atoms with Gasteiger partial charge in [0.15, 0.2) is 5.41 Å². The molecule has 0 radical (unpaired) electrons. The van der Waals surface area contributed by atoms with E-state index >= 15 is 0 Å². The summed E-state index contributed by atoms with van der Waals surface area (Å²) in [4.78, 5) is 15.4. The number of rotatable bonds is 0. The van der Waals surface area contributed by atoms with Crippen LogP contribution in [0, 0.1) is 33.5 Å². The SMILES string of the molecule is CC1=CC[C@]2(C#N)C(=O)N=C(N)[C@]2(C#N)C1. The number of fused-ring (bicyclic) bond motifs is 1. The first-order valence-electron chi connectivity index (χ1n) is 4.89. The molecule has 0 fully saturated rings. The van der Waals surface area contributed by atoms with Crippen molar-refractivity contribution in [2.24, 2.45) is 21.6 Å². The number of aliphatic imine (C=N–C) groups is 1. The van der Waals surface area contributed by atoms with Gasteiger partial charge in [0.1, 0.15) is 11.3 Å². The lowest BCUT2D eigenvalue weighted by atomic mass is 9.58. The quantitative estimate of drug-likeness (QED) is 0.597. The molecule has 0 unspecified atom stereocenters. The van der Waals surface area contributed by atoms with E-state index < -0.39 is 16.7 Å². The van der Waals surface area contributed by atoms with Crippen molar-refractivity contribution in [2.45, 2.75) is 19.8 Å². The minimum absolute atomic E-state index is 0.0194. The fraction of sp³-hybridized carbons (Fsp3) is 0.455. The molecular weight excluding hydrogens is 204 g/mol. The molecular formula is C11H10N4O. The van der Waals surface area contributed by atoms with Crippen LogP contribution in [0.3, 0.4) is 0 Å². The minimum Gasteiger partial charge on any atom is -0.386 e. The molecule has 1 aliphatic heterocycles. The molecule has 0 bridgehead atoms. The number of nitriles is 2. The van der Waals surface area contributed by atoms with Crippen molar-refractivity contribution in [1.29, 1.82) is 10.5 Å². The Kier molecular flexibility index (Phi) is 1.90. The molecule has 0 saturated carbocycles. The molecule has 80 valence electrons. The Morgan fingerprint density at radius 3 is 2.62 bits per heavy atom. The molecule has 1 heterocycles. The van der Waals surface area contributed by atoms with Gasteiger partial charge < -0.3 is 5.73 Å². The monoisotopic (exact) mass is 214 g/mol. The predicted molar refractivity (Wildman–Crippen MR) is 55.7 cm³/mol. The zero-order valence-corrected chi connectivity index (χ0v) is 8.82. The maximum Gasteiger partial charge on any atom is 0.270 e. The van der Waals surface area contributed by atoms with Crippen LogP contribution >= 0.6 is 0 Å². The Morgan fingerprint density at radius 2 is 2.06 bits per heavy atom. The number of allylic oxidation sites excluding steroid dienone is 2. The summed E-state index contributed by atoms with van der Waals surface area (Å²) in [6, 6.07) is 4.00. The molecule has 2 aliphatic rings. The maximum atomic E-state index is 11.8. The van der Waals surface area contributed by atoms with Crippen molar-refractivity contribution >= 4 is 11.7 Å². The number of amidine groups is 1. The van der Waals surface area contributed by atoms with Crippen molar-refractivity contribution in [3.63, 3.8) is 0 Å². The molecule has 0 aromatic rings. The summed E-state index contributed by atoms with van der Waals surface area (Å²) < 4.78 is 0. The molecule has 0 spiro atoms. The second kappa shape index (κ2) is 2.93. The Labute approximate surface area is 92.9 Å². The van der Waals surface area contributed by atoms with E-state index in [0.29, 0.717) is 6.42 Å². The lowest BCUT2D eigenvalue weighted by Gasteiger charge is -2.36. The highest BCUT2D eigenvalue weighted by molar-refractivity contribution is 6.11. The van der Waals surface area contributed by atoms with Gasteiger partial charge >= 0.3 is 0 Å². The molecule has 5 heteroatoms. The molecule has 1 aliphatic carbocycles. The number of hydrogen-bond acceptors (Lipinski definition) is 4. The predicted octanol–water partition coefficient (Wildman–Crippen LogP) is 0.644. The van der Waals surface area contributed by atoms with Crippen LogP contribution < -0.4 is 5.73 Å². The molecule has 5 nitrogen and oxygen atoms in total. The zero-order valence-electron chi connectivity index (χ0n) is 8.82. The highest BCUT2D eigenvalue weighted by atomic mass is 16.2. The van der Waals surface area contributed by atoms with Crippen molar-refractivity contribution in [3.8, 4) is 12.1 Å². The van der Waals surface area contributed by atoms with E-state index in [2.05, 4.69) is 4.99 Å². The average Bonchev–Trinajstić information content (AvgIpc) is 2.48. The summed E-state index contributed by atoms with van der Waals surface area (Å²) in [5.74, 6) is -0.605. The van der Waals surface area contributed by atoms with E-state index in [1.807, 2.05) is 25.1 Å². The standard InChI is InChI=1S/C11H10N4O/c1-7-2-3-10(5-12)9(16)15-8(14)11(10,4-7)6-13/h2H,3-4H2,1H3,(H2,14,15,16)/t10-,11+/m0/s1. The Bertz CT molecular complexity index is 519. The highest BCUT2D eigenvalue weighted by Gasteiger charge is 2.65. The van der Waals surface area contributed by atoms with Crippen LogP contribution in [0.15, 0.2) is 16.6 Å². The maximum absolute atomic E-state index is 11.8. The molecule has 0 saturated heterocycles. The molecule has 2 atom stereocenters. The van der Waals surface area contributed by atoms with Crippen LogP contribution in [-0.2, 0) is 4.79 Å². The number of amides is 1. The molecule has 1 amide bonds. The second-order valence-electron chi connectivity index (χ2n) is 4.27. The Balaban J connectivity index is 2.71. The number of carbonyl (C=O) groups is 1. The summed E-state index contributed by atoms with van der Waals surface area (Å²) in [6.45, 7) is 1.86. The molecule has 2 rings (SSSR count). The van der Waals surface area contributed by atoms with Gasteiger partial charge in [0.2, 0.25) is 0 Å². The van der Waals surface area contributed by atoms with Gasteiger partial charge in [-0.05, 0) is 19.8 Å². The van der Waals surface area contributed by atoms with E-state index in [1.165, 1.54) is 0 Å². The Morgan fingerprint density at radius 1 is 1.44 bits per heavy atom. The number of nitrogens with zero attached hydrogens (tertiary/aromatic N) is 3. The normalized spacial score (nSPS) is 36.8. The minimum atomic E-state index is -1.41. The van der Waals surface area contributed by atoms with Crippen molar-refractivity contribution in [2.75, 3.05) is 0 Å². The molecule has 16 heavy (non-hydrogen) atoms. The van der Waals surface area contributed by atoms with Crippen LogP contribution in [0.4, 0.5) is 0 Å². The van der Waals surface area contributed by atoms with Crippen molar-refractivity contribution < 1.29 is 4.79 Å². The third-order valence-electron chi connectivity index (χ3n) is 3.44. The number of carbonyl (C=O) groups excluding carboxylic acids is 1. The van der Waals surface area contributed by atoms with Crippen LogP contribution in [-0.4, -0.2) is 11.7 Å². The number of nitrogens with two attached hydrogens (primary N) is 1. The first kappa shape index (κ1) is 10.4. The van der Waals surface area contributed by atoms with E-state index in [1.54, 1.807) is 0 Å². The van der Waals surface area contributed by atoms with E-state index in [9.17, 15) is 15.3 Å². The fourth-order valence-electron chi connectivity index (χ4n) is 2.40. The average molecular weight is 214 g/mol. The van der Waals surface area contributed by atoms with E-state index in [0.717, 1.165) is 5.57 Å². The summed E-state index contributed by atoms with van der Waals surface area (Å²) >= 11 is 0. The first-order valence-corrected chi connectivity index (χ1v) is 4.89. The van der Waals surface area contributed by atoms with Crippen LogP contribution in [0.2, 0.25) is 0 Å². The second-order valence-corrected chi connectivity index (χ2v) is 4.27. The summed E-state index contributed by atoms with van der Waals surface area (Å²) in [7, 11) is 0. The van der Waals surface area contributed by atoms with Crippen molar-refractivity contribution in [1.82, 2.24) is 0 Å². The highest BCUT2D eigenvalue weighted by Crippen LogP contribution is 2.53. The van der Waals surface area contributed by atoms with Crippen LogP contribution in [0.1, 0.15) is 19.8 Å². The third-order valence-corrected chi connectivity index (χ3v) is 3.44. The lowest BCUT2D eigenvalue weighted by Crippen LogP contribution is -2.49. The van der Waals surface area contributed by atoms with Gasteiger partial charge in [-0.2, -0.15) is 15.5 Å². The van der Waals surface area contributed by atoms with Crippen molar-refractivity contribution in [3.05, 3.63) is 11.6 Å². The lowest BCUT2D eigenvalue weighted by molar-refractivity contribution is -0.125. The Hall–Kier alpha value is -2.14. The third kappa shape index (κ3) is 0.880. The van der Waals surface area contributed by atoms with Gasteiger partial charge in [0.25, 0.3) is 5.91 Å². The summed E-state index contributed by atoms with van der Waals surface area (Å²) in [5.41, 5.74) is 3.96.